The summed E-state index contributed by atoms with van der Waals surface area (Å²) in [5, 5.41) is 35.4. The number of fused-ring (bicyclic) bond motifs is 1. The lowest BCUT2D eigenvalue weighted by Crippen LogP contribution is -2.42. The van der Waals surface area contributed by atoms with Gasteiger partial charge in [0.1, 0.15) is 17.7 Å². The van der Waals surface area contributed by atoms with Crippen LogP contribution in [-0.2, 0) is 27.2 Å². The third-order valence-corrected chi connectivity index (χ3v) is 5.92. The zero-order valence-electron chi connectivity index (χ0n) is 20.7. The van der Waals surface area contributed by atoms with Crippen LogP contribution in [0.15, 0.2) is 30.6 Å². The van der Waals surface area contributed by atoms with E-state index < -0.39 is 36.4 Å². The summed E-state index contributed by atoms with van der Waals surface area (Å²) in [5.74, 6) is -0.985. The maximum absolute atomic E-state index is 12.2. The van der Waals surface area contributed by atoms with Gasteiger partial charge in [0.15, 0.2) is 23.8 Å². The summed E-state index contributed by atoms with van der Waals surface area (Å²) >= 11 is 0. The molecule has 13 nitrogen and oxygen atoms in total. The maximum atomic E-state index is 12.2. The van der Waals surface area contributed by atoms with Crippen molar-refractivity contribution in [3.8, 4) is 0 Å². The summed E-state index contributed by atoms with van der Waals surface area (Å²) < 4.78 is 7.09. The Hall–Kier alpha value is -3.11. The number of amides is 1. The Morgan fingerprint density at radius 1 is 1.08 bits per heavy atom. The van der Waals surface area contributed by atoms with Crippen molar-refractivity contribution >= 4 is 61.8 Å². The van der Waals surface area contributed by atoms with Gasteiger partial charge in [0.2, 0.25) is 5.95 Å². The zero-order valence-corrected chi connectivity index (χ0v) is 22.7. The van der Waals surface area contributed by atoms with Gasteiger partial charge in [-0.3, -0.25) is 14.2 Å². The first kappa shape index (κ1) is 31.1. The summed E-state index contributed by atoms with van der Waals surface area (Å²) in [4.78, 5) is 35.8. The van der Waals surface area contributed by atoms with E-state index in [1.807, 2.05) is 24.3 Å². The van der Waals surface area contributed by atoms with Crippen LogP contribution in [0.5, 0.6) is 0 Å². The molecule has 1 saturated heterocycles. The lowest BCUT2D eigenvalue weighted by molar-refractivity contribution is -0.138. The lowest BCUT2D eigenvalue weighted by atomic mass is 10.1. The van der Waals surface area contributed by atoms with E-state index in [1.165, 1.54) is 10.9 Å². The number of nitrogen functional groups attached to an aromatic ring is 1. The van der Waals surface area contributed by atoms with Gasteiger partial charge in [-0.2, -0.15) is 37.0 Å². The average Bonchev–Trinajstić information content (AvgIpc) is 3.40. The number of nitrogens with one attached hydrogen (secondary N) is 2. The first-order chi connectivity index (χ1) is 17.3. The molecule has 1 unspecified atom stereocenters. The second kappa shape index (κ2) is 13.6. The number of hydrogen-bond donors (Lipinski definition) is 6. The minimum atomic E-state index is -1.42. The highest BCUT2D eigenvalue weighted by atomic mass is 32.1. The standard InChI is InChI=1S/C23H29N7O6.2H2S/c1-2-25-21(35)18-16(33)17(34)22(36-18)30-11-27-15-19(24)28-23(29-20(15)30)26-10-9-13-5-3-12(4-6-13)7-8-14(31)32;;/h3-6,11,16-18,22,33-34H,2,7-10H2,1H3,(H,25,35)(H,31,32)(H3,24,26,28,29);2*1H2/t16-,17+,18-,22?;;/m0../s1. The predicted octanol–water partition coefficient (Wildman–Crippen LogP) is 0.0612. The lowest BCUT2D eigenvalue weighted by Gasteiger charge is -2.16. The van der Waals surface area contributed by atoms with Crippen LogP contribution in [0.3, 0.4) is 0 Å². The first-order valence-electron chi connectivity index (χ1n) is 11.6. The van der Waals surface area contributed by atoms with Crippen molar-refractivity contribution in [2.24, 2.45) is 0 Å². The van der Waals surface area contributed by atoms with Gasteiger partial charge in [0, 0.05) is 19.5 Å². The van der Waals surface area contributed by atoms with Crippen LogP contribution in [-0.4, -0.2) is 78.1 Å². The molecule has 1 aliphatic rings. The molecule has 0 aliphatic carbocycles. The third-order valence-electron chi connectivity index (χ3n) is 5.92. The number of carboxylic acids is 1. The molecule has 1 aliphatic heterocycles. The highest BCUT2D eigenvalue weighted by molar-refractivity contribution is 7.59. The minimum absolute atomic E-state index is 0. The number of aliphatic hydroxyl groups is 2. The van der Waals surface area contributed by atoms with Crippen molar-refractivity contribution in [2.45, 2.75) is 50.7 Å². The normalized spacial score (nSPS) is 20.4. The Morgan fingerprint density at radius 3 is 2.37 bits per heavy atom. The van der Waals surface area contributed by atoms with E-state index in [4.69, 9.17) is 15.6 Å². The van der Waals surface area contributed by atoms with Crippen LogP contribution < -0.4 is 16.4 Å². The minimum Gasteiger partial charge on any atom is -0.481 e. The van der Waals surface area contributed by atoms with E-state index in [1.54, 1.807) is 6.92 Å². The number of ether oxygens (including phenoxy) is 1. The molecule has 0 spiro atoms. The molecule has 2 aromatic heterocycles. The third kappa shape index (κ3) is 6.85. The molecule has 208 valence electrons. The molecule has 3 aromatic rings. The molecule has 7 N–H and O–H groups in total. The Bertz CT molecular complexity index is 1240. The van der Waals surface area contributed by atoms with Crippen LogP contribution in [0, 0.1) is 0 Å². The van der Waals surface area contributed by atoms with E-state index in [0.29, 0.717) is 31.4 Å². The van der Waals surface area contributed by atoms with Gasteiger partial charge in [-0.15, -0.1) is 0 Å². The fourth-order valence-corrected chi connectivity index (χ4v) is 4.03. The Kier molecular flexibility index (Phi) is 11.1. The van der Waals surface area contributed by atoms with Crippen LogP contribution in [0.1, 0.15) is 30.7 Å². The molecule has 15 heteroatoms. The highest BCUT2D eigenvalue weighted by Crippen LogP contribution is 2.32. The quantitative estimate of drug-likeness (QED) is 0.194. The Labute approximate surface area is 232 Å². The molecule has 4 rings (SSSR count). The van der Waals surface area contributed by atoms with E-state index >= 15 is 0 Å². The number of carbonyl (C=O) groups is 2. The van der Waals surface area contributed by atoms with Crippen molar-refractivity contribution in [2.75, 3.05) is 24.1 Å². The summed E-state index contributed by atoms with van der Waals surface area (Å²) in [6.45, 7) is 2.59. The number of aliphatic carboxylic acids is 1. The molecule has 38 heavy (non-hydrogen) atoms. The molecule has 1 fully saturated rings. The Balaban J connectivity index is 0.00000253. The van der Waals surface area contributed by atoms with Gasteiger partial charge in [-0.25, -0.2) is 4.98 Å². The average molecular weight is 568 g/mol. The van der Waals surface area contributed by atoms with Gasteiger partial charge in [-0.1, -0.05) is 24.3 Å². The number of nitrogens with zero attached hydrogens (tertiary/aromatic N) is 4. The largest absolute Gasteiger partial charge is 0.481 e. The second-order valence-corrected chi connectivity index (χ2v) is 8.47. The Morgan fingerprint density at radius 2 is 1.74 bits per heavy atom. The number of aromatic nitrogens is 4. The van der Waals surface area contributed by atoms with Gasteiger partial charge < -0.3 is 36.4 Å². The number of hydrogen-bond acceptors (Lipinski definition) is 10. The number of aliphatic hydroxyl groups excluding tert-OH is 2. The number of imidazole rings is 1. The molecule has 0 bridgehead atoms. The predicted molar refractivity (Wildman–Crippen MR) is 150 cm³/mol. The number of rotatable bonds is 10. The summed E-state index contributed by atoms with van der Waals surface area (Å²) in [6.07, 6.45) is -2.56. The van der Waals surface area contributed by atoms with Crippen molar-refractivity contribution in [3.05, 3.63) is 41.7 Å². The van der Waals surface area contributed by atoms with Crippen molar-refractivity contribution < 1.29 is 29.6 Å². The number of aryl methyl sites for hydroxylation is 1. The summed E-state index contributed by atoms with van der Waals surface area (Å²) in [6, 6.07) is 7.71. The molecule has 1 amide bonds. The van der Waals surface area contributed by atoms with Gasteiger partial charge >= 0.3 is 5.97 Å². The van der Waals surface area contributed by atoms with E-state index in [0.717, 1.165) is 11.1 Å². The zero-order chi connectivity index (χ0) is 25.8. The number of likely N-dealkylation sites (N-methyl/N-ethyl adjacent to an activating group) is 1. The molecule has 1 aromatic carbocycles. The van der Waals surface area contributed by atoms with Crippen molar-refractivity contribution in [1.82, 2.24) is 24.8 Å². The van der Waals surface area contributed by atoms with Crippen LogP contribution in [0.2, 0.25) is 0 Å². The van der Waals surface area contributed by atoms with Gasteiger partial charge in [-0.05, 0) is 30.9 Å². The number of carbonyl (C=O) groups excluding carboxylic acids is 1. The van der Waals surface area contributed by atoms with Crippen molar-refractivity contribution in [1.29, 1.82) is 0 Å². The highest BCUT2D eigenvalue weighted by Gasteiger charge is 2.47. The number of anilines is 2. The SMILES string of the molecule is CCNC(=O)[C@H]1OC(n2cnc3c(N)nc(NCCc4ccc(CCC(=O)O)cc4)nc32)[C@H](O)[C@@H]1O.S.S. The molecule has 4 atom stereocenters. The number of benzene rings is 1. The second-order valence-electron chi connectivity index (χ2n) is 8.47. The van der Waals surface area contributed by atoms with E-state index in [9.17, 15) is 19.8 Å². The van der Waals surface area contributed by atoms with Gasteiger partial charge in [0.05, 0.1) is 6.33 Å². The van der Waals surface area contributed by atoms with Gasteiger partial charge in [0.25, 0.3) is 5.91 Å². The topological polar surface area (TPSA) is 198 Å². The van der Waals surface area contributed by atoms with E-state index in [2.05, 4.69) is 25.6 Å². The number of nitrogens with two attached hydrogens (primary N) is 1. The first-order valence-corrected chi connectivity index (χ1v) is 11.6. The smallest absolute Gasteiger partial charge is 0.303 e. The molecular weight excluding hydrogens is 534 g/mol. The van der Waals surface area contributed by atoms with E-state index in [-0.39, 0.29) is 50.8 Å². The monoisotopic (exact) mass is 567 g/mol. The van der Waals surface area contributed by atoms with Crippen LogP contribution >= 0.6 is 27.0 Å². The van der Waals surface area contributed by atoms with Crippen LogP contribution in [0.25, 0.3) is 11.2 Å². The molecule has 0 saturated carbocycles. The molecule has 3 heterocycles. The maximum Gasteiger partial charge on any atom is 0.303 e. The number of carboxylic acid groups (broad SMARTS) is 1. The summed E-state index contributed by atoms with van der Waals surface area (Å²) in [7, 11) is 0. The van der Waals surface area contributed by atoms with Crippen LogP contribution in [0.4, 0.5) is 11.8 Å². The van der Waals surface area contributed by atoms with Crippen molar-refractivity contribution in [3.63, 3.8) is 0 Å². The fraction of sp³-hybridized carbons (Fsp3) is 0.435. The molecule has 0 radical (unpaired) electrons. The molecular formula is C23H33N7O6S2. The summed E-state index contributed by atoms with van der Waals surface area (Å²) in [5.41, 5.74) is 8.65. The fourth-order valence-electron chi connectivity index (χ4n) is 4.03.